The number of hydrogen-bond donors (Lipinski definition) is 0. The summed E-state index contributed by atoms with van der Waals surface area (Å²) in [5.41, 5.74) is 0. The lowest BCUT2D eigenvalue weighted by Crippen LogP contribution is -2.31. The topological polar surface area (TPSA) is 68.7 Å². The number of halogens is 3. The molecule has 3 rings (SSSR count). The first kappa shape index (κ1) is 18.5. The van der Waals surface area contributed by atoms with Crippen molar-refractivity contribution in [3.63, 3.8) is 0 Å². The van der Waals surface area contributed by atoms with Gasteiger partial charge in [0.15, 0.2) is 0 Å². The zero-order valence-corrected chi connectivity index (χ0v) is 14.2. The summed E-state index contributed by atoms with van der Waals surface area (Å²) in [6.07, 6.45) is -1.87. The van der Waals surface area contributed by atoms with Gasteiger partial charge in [-0.25, -0.2) is 8.42 Å². The Morgan fingerprint density at radius 2 is 1.81 bits per heavy atom. The number of sulfonamides is 1. The first-order valence-corrected chi connectivity index (χ1v) is 9.11. The van der Waals surface area contributed by atoms with Crippen LogP contribution < -0.4 is 9.47 Å². The molecule has 1 aromatic carbocycles. The molecule has 10 heteroatoms. The molecule has 26 heavy (non-hydrogen) atoms. The van der Waals surface area contributed by atoms with Crippen LogP contribution in [0.5, 0.6) is 11.5 Å². The number of benzene rings is 1. The van der Waals surface area contributed by atoms with Crippen LogP contribution in [0.3, 0.4) is 0 Å². The zero-order chi connectivity index (χ0) is 18.8. The van der Waals surface area contributed by atoms with Crippen molar-refractivity contribution >= 4 is 10.0 Å². The third-order valence-corrected chi connectivity index (χ3v) is 5.66. The average molecular weight is 388 g/mol. The van der Waals surface area contributed by atoms with Gasteiger partial charge in [0, 0.05) is 18.9 Å². The molecule has 0 amide bonds. The molecule has 2 aromatic rings. The minimum atomic E-state index is -4.98. The molecule has 0 bridgehead atoms. The third kappa shape index (κ3) is 4.25. The van der Waals surface area contributed by atoms with E-state index in [-0.39, 0.29) is 13.1 Å². The molecule has 140 valence electrons. The summed E-state index contributed by atoms with van der Waals surface area (Å²) in [6.45, 7) is 0.170. The zero-order valence-electron chi connectivity index (χ0n) is 13.4. The summed E-state index contributed by atoms with van der Waals surface area (Å²) in [5.74, 6) is -0.205. The molecular formula is C16H15F3N2O4S. The number of aromatic nitrogens is 1. The summed E-state index contributed by atoms with van der Waals surface area (Å²) in [4.78, 5) is 3.33. The van der Waals surface area contributed by atoms with Crippen LogP contribution in [0.1, 0.15) is 6.42 Å². The summed E-state index contributed by atoms with van der Waals surface area (Å²) >= 11 is 0. The predicted octanol–water partition coefficient (Wildman–Crippen LogP) is 2.82. The SMILES string of the molecule is O=S(=O)(c1ccccc1OC(F)(F)F)N1CCC(Oc2ccncc2)C1. The van der Waals surface area contributed by atoms with Crippen LogP contribution in [0, 0.1) is 0 Å². The van der Waals surface area contributed by atoms with Crippen molar-refractivity contribution in [3.8, 4) is 11.5 Å². The minimum Gasteiger partial charge on any atom is -0.489 e. The van der Waals surface area contributed by atoms with E-state index in [2.05, 4.69) is 9.72 Å². The smallest absolute Gasteiger partial charge is 0.489 e. The van der Waals surface area contributed by atoms with E-state index in [0.717, 1.165) is 16.4 Å². The number of rotatable bonds is 5. The summed E-state index contributed by atoms with van der Waals surface area (Å²) in [5, 5.41) is 0. The van der Waals surface area contributed by atoms with Crippen LogP contribution in [0.15, 0.2) is 53.7 Å². The largest absolute Gasteiger partial charge is 0.573 e. The second kappa shape index (κ2) is 7.12. The van der Waals surface area contributed by atoms with Gasteiger partial charge < -0.3 is 9.47 Å². The van der Waals surface area contributed by atoms with E-state index in [1.54, 1.807) is 24.5 Å². The van der Waals surface area contributed by atoms with Crippen LogP contribution in [-0.4, -0.2) is 43.3 Å². The highest BCUT2D eigenvalue weighted by Gasteiger charge is 2.38. The Labute approximate surface area is 148 Å². The molecule has 1 unspecified atom stereocenters. The maximum absolute atomic E-state index is 12.8. The van der Waals surface area contributed by atoms with Crippen molar-refractivity contribution in [2.24, 2.45) is 0 Å². The highest BCUT2D eigenvalue weighted by Crippen LogP contribution is 2.33. The van der Waals surface area contributed by atoms with Gasteiger partial charge in [-0.1, -0.05) is 12.1 Å². The van der Waals surface area contributed by atoms with E-state index in [4.69, 9.17) is 4.74 Å². The van der Waals surface area contributed by atoms with Crippen molar-refractivity contribution in [2.45, 2.75) is 23.8 Å². The Kier molecular flexibility index (Phi) is 5.05. The summed E-state index contributed by atoms with van der Waals surface area (Å²) in [6, 6.07) is 7.97. The monoisotopic (exact) mass is 388 g/mol. The standard InChI is InChI=1S/C16H15F3N2O4S/c17-16(18,19)25-14-3-1-2-4-15(14)26(22,23)21-10-7-13(11-21)24-12-5-8-20-9-6-12/h1-6,8-9,13H,7,10-11H2. The van der Waals surface area contributed by atoms with Crippen LogP contribution in [0.2, 0.25) is 0 Å². The molecule has 1 fully saturated rings. The van der Waals surface area contributed by atoms with Crippen molar-refractivity contribution in [3.05, 3.63) is 48.8 Å². The molecule has 6 nitrogen and oxygen atoms in total. The molecule has 0 saturated carbocycles. The maximum Gasteiger partial charge on any atom is 0.573 e. The number of hydrogen-bond acceptors (Lipinski definition) is 5. The average Bonchev–Trinajstić information content (AvgIpc) is 3.04. The fourth-order valence-electron chi connectivity index (χ4n) is 2.63. The molecular weight excluding hydrogens is 373 g/mol. The van der Waals surface area contributed by atoms with E-state index in [0.29, 0.717) is 12.2 Å². The van der Waals surface area contributed by atoms with Crippen molar-refractivity contribution < 1.29 is 31.1 Å². The molecule has 1 aliphatic rings. The van der Waals surface area contributed by atoms with Gasteiger partial charge in [0.2, 0.25) is 10.0 Å². The quantitative estimate of drug-likeness (QED) is 0.788. The van der Waals surface area contributed by atoms with Gasteiger partial charge in [-0.15, -0.1) is 13.2 Å². The molecule has 2 heterocycles. The Balaban J connectivity index is 1.77. The van der Waals surface area contributed by atoms with E-state index in [9.17, 15) is 21.6 Å². The highest BCUT2D eigenvalue weighted by molar-refractivity contribution is 7.89. The lowest BCUT2D eigenvalue weighted by atomic mass is 10.3. The van der Waals surface area contributed by atoms with Crippen LogP contribution in [0.4, 0.5) is 13.2 Å². The Morgan fingerprint density at radius 1 is 1.12 bits per heavy atom. The second-order valence-corrected chi connectivity index (χ2v) is 7.48. The lowest BCUT2D eigenvalue weighted by Gasteiger charge is -2.19. The molecule has 0 spiro atoms. The molecule has 1 aliphatic heterocycles. The van der Waals surface area contributed by atoms with Crippen molar-refractivity contribution in [1.82, 2.24) is 9.29 Å². The van der Waals surface area contributed by atoms with E-state index in [1.165, 1.54) is 12.1 Å². The molecule has 1 aromatic heterocycles. The number of ether oxygens (including phenoxy) is 2. The highest BCUT2D eigenvalue weighted by atomic mass is 32.2. The molecule has 0 aliphatic carbocycles. The Bertz CT molecular complexity index is 859. The van der Waals surface area contributed by atoms with Gasteiger partial charge in [-0.3, -0.25) is 4.98 Å². The number of para-hydroxylation sites is 1. The van der Waals surface area contributed by atoms with Gasteiger partial charge in [0.05, 0.1) is 6.54 Å². The summed E-state index contributed by atoms with van der Waals surface area (Å²) < 4.78 is 73.8. The fraction of sp³-hybridized carbons (Fsp3) is 0.312. The van der Waals surface area contributed by atoms with E-state index in [1.807, 2.05) is 0 Å². The van der Waals surface area contributed by atoms with Crippen molar-refractivity contribution in [1.29, 1.82) is 0 Å². The van der Waals surface area contributed by atoms with Crippen LogP contribution in [0.25, 0.3) is 0 Å². The Hall–Kier alpha value is -2.33. The molecule has 1 saturated heterocycles. The minimum absolute atomic E-state index is 0.0327. The van der Waals surface area contributed by atoms with Gasteiger partial charge in [-0.05, 0) is 30.7 Å². The van der Waals surface area contributed by atoms with Crippen LogP contribution >= 0.6 is 0 Å². The second-order valence-electron chi connectivity index (χ2n) is 5.57. The molecule has 1 atom stereocenters. The van der Waals surface area contributed by atoms with E-state index >= 15 is 0 Å². The normalized spacial score (nSPS) is 18.7. The van der Waals surface area contributed by atoms with Gasteiger partial charge in [0.1, 0.15) is 22.5 Å². The first-order valence-electron chi connectivity index (χ1n) is 7.67. The summed E-state index contributed by atoms with van der Waals surface area (Å²) in [7, 11) is -4.15. The van der Waals surface area contributed by atoms with Crippen molar-refractivity contribution in [2.75, 3.05) is 13.1 Å². The van der Waals surface area contributed by atoms with Gasteiger partial charge >= 0.3 is 6.36 Å². The third-order valence-electron chi connectivity index (χ3n) is 3.75. The maximum atomic E-state index is 12.8. The fourth-order valence-corrected chi connectivity index (χ4v) is 4.23. The number of pyridine rings is 1. The Morgan fingerprint density at radius 3 is 2.50 bits per heavy atom. The van der Waals surface area contributed by atoms with Crippen LogP contribution in [-0.2, 0) is 10.0 Å². The molecule has 0 radical (unpaired) electrons. The van der Waals surface area contributed by atoms with Gasteiger partial charge in [-0.2, -0.15) is 4.31 Å². The van der Waals surface area contributed by atoms with E-state index < -0.39 is 33.1 Å². The lowest BCUT2D eigenvalue weighted by molar-refractivity contribution is -0.275. The number of nitrogens with zero attached hydrogens (tertiary/aromatic N) is 2. The van der Waals surface area contributed by atoms with Gasteiger partial charge in [0.25, 0.3) is 0 Å². The predicted molar refractivity (Wildman–Crippen MR) is 85.2 cm³/mol. The first-order chi connectivity index (χ1) is 12.3. The number of alkyl halides is 3. The molecule has 0 N–H and O–H groups in total.